The molecule has 1 N–H and O–H groups in total. The number of halogens is 4. The second-order valence-electron chi connectivity index (χ2n) is 5.68. The maximum atomic E-state index is 13.4. The highest BCUT2D eigenvalue weighted by Crippen LogP contribution is 2.38. The molecular formula is C19H14BrF3O3. The SMILES string of the molecule is [2H]c1c([2H])c([2H])c2c(C(=O)c3cc(Br)c(C)c(C(F)(F)F)c3)c(C(C)O)oc2c1[2H]. The highest BCUT2D eigenvalue weighted by atomic mass is 79.9. The minimum atomic E-state index is -4.72. The zero-order valence-corrected chi connectivity index (χ0v) is 15.1. The van der Waals surface area contributed by atoms with E-state index in [1.54, 1.807) is 0 Å². The van der Waals surface area contributed by atoms with E-state index in [2.05, 4.69) is 15.9 Å². The second-order valence-corrected chi connectivity index (χ2v) is 6.53. The Morgan fingerprint density at radius 2 is 1.96 bits per heavy atom. The molecule has 1 heterocycles. The van der Waals surface area contributed by atoms with E-state index in [1.807, 2.05) is 0 Å². The first-order valence-corrected chi connectivity index (χ1v) is 8.19. The molecule has 1 unspecified atom stereocenters. The Hall–Kier alpha value is -2.12. The van der Waals surface area contributed by atoms with Crippen LogP contribution in [-0.4, -0.2) is 10.9 Å². The summed E-state index contributed by atoms with van der Waals surface area (Å²) in [6.45, 7) is 2.49. The monoisotopic (exact) mass is 430 g/mol. The quantitative estimate of drug-likeness (QED) is 0.533. The highest BCUT2D eigenvalue weighted by molar-refractivity contribution is 9.10. The van der Waals surface area contributed by atoms with Crippen LogP contribution < -0.4 is 0 Å². The molecular weight excluding hydrogens is 413 g/mol. The van der Waals surface area contributed by atoms with Crippen molar-refractivity contribution in [3.8, 4) is 0 Å². The Morgan fingerprint density at radius 1 is 1.31 bits per heavy atom. The summed E-state index contributed by atoms with van der Waals surface area (Å²) in [7, 11) is 0. The van der Waals surface area contributed by atoms with E-state index in [4.69, 9.17) is 9.90 Å². The molecule has 26 heavy (non-hydrogen) atoms. The molecule has 0 radical (unpaired) electrons. The number of benzene rings is 2. The Kier molecular flexibility index (Phi) is 3.53. The molecule has 0 aliphatic rings. The summed E-state index contributed by atoms with van der Waals surface area (Å²) >= 11 is 3.02. The molecule has 1 atom stereocenters. The summed E-state index contributed by atoms with van der Waals surface area (Å²) in [5.41, 5.74) is -2.29. The second kappa shape index (κ2) is 6.55. The smallest absolute Gasteiger partial charge is 0.416 e. The molecule has 2 aromatic carbocycles. The third-order valence-electron chi connectivity index (χ3n) is 3.88. The molecule has 3 aromatic rings. The number of aliphatic hydroxyl groups is 1. The van der Waals surface area contributed by atoms with E-state index in [0.29, 0.717) is 6.07 Å². The number of furan rings is 1. The molecule has 1 aromatic heterocycles. The van der Waals surface area contributed by atoms with Crippen LogP contribution in [0.4, 0.5) is 13.2 Å². The molecule has 3 nitrogen and oxygen atoms in total. The van der Waals surface area contributed by atoms with E-state index in [0.717, 1.165) is 0 Å². The summed E-state index contributed by atoms with van der Waals surface area (Å²) in [5.74, 6) is -1.33. The minimum Gasteiger partial charge on any atom is -0.458 e. The lowest BCUT2D eigenvalue weighted by Crippen LogP contribution is -2.12. The number of rotatable bonds is 3. The first-order chi connectivity index (χ1) is 13.8. The summed E-state index contributed by atoms with van der Waals surface area (Å²) in [6.07, 6.45) is -6.12. The van der Waals surface area contributed by atoms with Crippen molar-refractivity contribution in [2.75, 3.05) is 0 Å². The number of aliphatic hydroxyl groups excluding tert-OH is 1. The average molecular weight is 431 g/mol. The zero-order valence-electron chi connectivity index (χ0n) is 17.5. The van der Waals surface area contributed by atoms with Crippen molar-refractivity contribution in [3.05, 3.63) is 68.8 Å². The third-order valence-corrected chi connectivity index (χ3v) is 4.70. The van der Waals surface area contributed by atoms with Crippen molar-refractivity contribution in [1.29, 1.82) is 0 Å². The molecule has 0 spiro atoms. The molecule has 3 rings (SSSR count). The van der Waals surface area contributed by atoms with Crippen LogP contribution in [0.15, 0.2) is 45.2 Å². The first kappa shape index (κ1) is 14.0. The number of fused-ring (bicyclic) bond motifs is 1. The van der Waals surface area contributed by atoms with Crippen LogP contribution in [0.2, 0.25) is 0 Å². The Morgan fingerprint density at radius 3 is 2.58 bits per heavy atom. The number of hydrogen-bond donors (Lipinski definition) is 1. The lowest BCUT2D eigenvalue weighted by atomic mass is 9.95. The standard InChI is InChI=1S/C19H14BrF3O3/c1-9-13(19(21,22)23)7-11(8-14(9)20)17(25)16-12-5-3-4-6-15(12)26-18(16)10(2)24/h3-8,10,24H,1-2H3/i3D,4D,5D,6D. The molecule has 0 saturated carbocycles. The van der Waals surface area contributed by atoms with Gasteiger partial charge in [0.2, 0.25) is 0 Å². The molecule has 7 heteroatoms. The van der Waals surface area contributed by atoms with Crippen LogP contribution in [0.3, 0.4) is 0 Å². The van der Waals surface area contributed by atoms with E-state index >= 15 is 0 Å². The molecule has 0 fully saturated rings. The van der Waals surface area contributed by atoms with Crippen molar-refractivity contribution in [1.82, 2.24) is 0 Å². The summed E-state index contributed by atoms with van der Waals surface area (Å²) < 4.78 is 77.3. The predicted octanol–water partition coefficient (Wildman–Crippen LogP) is 5.81. The summed E-state index contributed by atoms with van der Waals surface area (Å²) in [4.78, 5) is 13.2. The molecule has 0 bridgehead atoms. The van der Waals surface area contributed by atoms with Gasteiger partial charge in [0, 0.05) is 15.4 Å². The number of para-hydroxylation sites is 1. The van der Waals surface area contributed by atoms with Gasteiger partial charge in [0.25, 0.3) is 0 Å². The maximum Gasteiger partial charge on any atom is 0.416 e. The van der Waals surface area contributed by atoms with E-state index in [-0.39, 0.29) is 32.3 Å². The van der Waals surface area contributed by atoms with Crippen LogP contribution in [0, 0.1) is 6.92 Å². The summed E-state index contributed by atoms with van der Waals surface area (Å²) in [6, 6.07) is -0.544. The fourth-order valence-corrected chi connectivity index (χ4v) is 3.07. The Balaban J connectivity index is 2.39. The van der Waals surface area contributed by atoms with Gasteiger partial charge in [0.15, 0.2) is 5.78 Å². The molecule has 0 aliphatic carbocycles. The lowest BCUT2D eigenvalue weighted by Gasteiger charge is -2.14. The molecule has 136 valence electrons. The van der Waals surface area contributed by atoms with Gasteiger partial charge in [-0.25, -0.2) is 0 Å². The highest BCUT2D eigenvalue weighted by Gasteiger charge is 2.35. The van der Waals surface area contributed by atoms with Crippen LogP contribution in [0.25, 0.3) is 11.0 Å². The molecule has 0 amide bonds. The Labute approximate surface area is 161 Å². The van der Waals surface area contributed by atoms with Gasteiger partial charge in [0.1, 0.15) is 17.4 Å². The lowest BCUT2D eigenvalue weighted by molar-refractivity contribution is -0.138. The van der Waals surface area contributed by atoms with E-state index in [9.17, 15) is 23.1 Å². The summed E-state index contributed by atoms with van der Waals surface area (Å²) in [5, 5.41) is 9.75. The largest absolute Gasteiger partial charge is 0.458 e. The van der Waals surface area contributed by atoms with Gasteiger partial charge in [-0.3, -0.25) is 4.79 Å². The fraction of sp³-hybridized carbons (Fsp3) is 0.211. The minimum absolute atomic E-state index is 0.0361. The number of hydrogen-bond acceptors (Lipinski definition) is 3. The van der Waals surface area contributed by atoms with E-state index < -0.39 is 53.4 Å². The number of ketones is 1. The number of carbonyl (C=O) groups is 1. The van der Waals surface area contributed by atoms with Crippen LogP contribution in [0.1, 0.15) is 51.3 Å². The van der Waals surface area contributed by atoms with Gasteiger partial charge in [-0.15, -0.1) is 0 Å². The van der Waals surface area contributed by atoms with Crippen LogP contribution in [0.5, 0.6) is 0 Å². The Bertz CT molecular complexity index is 1200. The number of carbonyl (C=O) groups excluding carboxylic acids is 1. The van der Waals surface area contributed by atoms with Gasteiger partial charge < -0.3 is 9.52 Å². The number of alkyl halides is 3. The first-order valence-electron chi connectivity index (χ1n) is 9.40. The van der Waals surface area contributed by atoms with Gasteiger partial charge >= 0.3 is 6.18 Å². The van der Waals surface area contributed by atoms with E-state index in [1.165, 1.54) is 19.9 Å². The predicted molar refractivity (Wildman–Crippen MR) is 94.2 cm³/mol. The molecule has 0 saturated heterocycles. The topological polar surface area (TPSA) is 50.4 Å². The van der Waals surface area contributed by atoms with Crippen LogP contribution in [-0.2, 0) is 6.18 Å². The van der Waals surface area contributed by atoms with Crippen molar-refractivity contribution >= 4 is 32.7 Å². The maximum absolute atomic E-state index is 13.4. The van der Waals surface area contributed by atoms with Crippen LogP contribution >= 0.6 is 15.9 Å². The van der Waals surface area contributed by atoms with Gasteiger partial charge in [-0.05, 0) is 37.6 Å². The van der Waals surface area contributed by atoms with Gasteiger partial charge in [-0.1, -0.05) is 34.1 Å². The van der Waals surface area contributed by atoms with Crippen molar-refractivity contribution in [2.24, 2.45) is 0 Å². The average Bonchev–Trinajstić information content (AvgIpc) is 3.06. The van der Waals surface area contributed by atoms with Crippen molar-refractivity contribution < 1.29 is 33.0 Å². The van der Waals surface area contributed by atoms with Gasteiger partial charge in [0.05, 0.1) is 16.6 Å². The van der Waals surface area contributed by atoms with Crippen molar-refractivity contribution in [2.45, 2.75) is 26.1 Å². The normalized spacial score (nSPS) is 15.3. The zero-order chi connectivity index (χ0) is 22.7. The third kappa shape index (κ3) is 3.17. The fourth-order valence-electron chi connectivity index (χ4n) is 2.61. The van der Waals surface area contributed by atoms with Gasteiger partial charge in [-0.2, -0.15) is 13.2 Å². The molecule has 0 aliphatic heterocycles. The van der Waals surface area contributed by atoms with Crippen molar-refractivity contribution in [3.63, 3.8) is 0 Å².